The van der Waals surface area contributed by atoms with Crippen LogP contribution in [0.15, 0.2) is 53.7 Å². The fourth-order valence-electron chi connectivity index (χ4n) is 2.64. The van der Waals surface area contributed by atoms with Crippen LogP contribution in [0, 0.1) is 0 Å². The molecule has 0 saturated carbocycles. The fraction of sp³-hybridized carbons (Fsp3) is 0.211. The fourth-order valence-corrected chi connectivity index (χ4v) is 3.56. The van der Waals surface area contributed by atoms with E-state index in [1.807, 2.05) is 0 Å². The molecule has 8 heteroatoms. The highest BCUT2D eigenvalue weighted by molar-refractivity contribution is 8.00. The molecule has 0 spiro atoms. The smallest absolute Gasteiger partial charge is 0.321 e. The van der Waals surface area contributed by atoms with Crippen LogP contribution in [0.1, 0.15) is 30.8 Å². The van der Waals surface area contributed by atoms with Crippen molar-refractivity contribution in [1.82, 2.24) is 9.55 Å². The lowest BCUT2D eigenvalue weighted by Gasteiger charge is -2.14. The number of alkyl halides is 2. The summed E-state index contributed by atoms with van der Waals surface area (Å²) >= 11 is 0.941. The number of carbonyl (C=O) groups is 2. The number of imidazole rings is 1. The largest absolute Gasteiger partial charge is 0.324 e. The van der Waals surface area contributed by atoms with Crippen LogP contribution in [-0.2, 0) is 4.79 Å². The van der Waals surface area contributed by atoms with Gasteiger partial charge in [0.2, 0.25) is 5.91 Å². The average molecular weight is 389 g/mol. The van der Waals surface area contributed by atoms with Crippen molar-refractivity contribution in [3.63, 3.8) is 0 Å². The van der Waals surface area contributed by atoms with Gasteiger partial charge < -0.3 is 5.32 Å². The van der Waals surface area contributed by atoms with Crippen LogP contribution >= 0.6 is 11.8 Å². The first-order chi connectivity index (χ1) is 12.9. The second kappa shape index (κ2) is 7.87. The van der Waals surface area contributed by atoms with Crippen molar-refractivity contribution in [2.24, 2.45) is 0 Å². The van der Waals surface area contributed by atoms with Gasteiger partial charge in [0.1, 0.15) is 0 Å². The van der Waals surface area contributed by atoms with Crippen molar-refractivity contribution >= 4 is 40.2 Å². The zero-order valence-electron chi connectivity index (χ0n) is 14.6. The lowest BCUT2D eigenvalue weighted by molar-refractivity contribution is -0.115. The molecule has 3 aromatic rings. The van der Waals surface area contributed by atoms with E-state index < -0.39 is 17.7 Å². The molecule has 0 fully saturated rings. The minimum Gasteiger partial charge on any atom is -0.324 e. The highest BCUT2D eigenvalue weighted by Crippen LogP contribution is 2.32. The molecule has 0 radical (unpaired) electrons. The summed E-state index contributed by atoms with van der Waals surface area (Å²) < 4.78 is 27.8. The zero-order chi connectivity index (χ0) is 19.6. The summed E-state index contributed by atoms with van der Waals surface area (Å²) in [6.07, 6.45) is 0. The van der Waals surface area contributed by atoms with Gasteiger partial charge in [-0.15, -0.1) is 0 Å². The Labute approximate surface area is 158 Å². The Morgan fingerprint density at radius 2 is 1.78 bits per heavy atom. The number of para-hydroxylation sites is 3. The van der Waals surface area contributed by atoms with Crippen molar-refractivity contribution in [3.8, 4) is 0 Å². The third-order valence-corrected chi connectivity index (χ3v) is 5.04. The number of halogens is 2. The van der Waals surface area contributed by atoms with Gasteiger partial charge in [-0.25, -0.2) is 4.98 Å². The van der Waals surface area contributed by atoms with Crippen LogP contribution in [0.5, 0.6) is 0 Å². The first kappa shape index (κ1) is 19.0. The Bertz CT molecular complexity index is 1000. The molecule has 0 bridgehead atoms. The van der Waals surface area contributed by atoms with E-state index in [0.717, 1.165) is 16.3 Å². The van der Waals surface area contributed by atoms with Crippen LogP contribution in [0.2, 0.25) is 0 Å². The highest BCUT2D eigenvalue weighted by atomic mass is 32.2. The molecular formula is C19H17F2N3O2S. The van der Waals surface area contributed by atoms with Crippen LogP contribution < -0.4 is 5.32 Å². The number of anilines is 1. The summed E-state index contributed by atoms with van der Waals surface area (Å²) in [4.78, 5) is 28.4. The number of Topliss-reactive ketones (excluding diaryl/α,β-unsaturated/α-hetero) is 1. The van der Waals surface area contributed by atoms with E-state index in [9.17, 15) is 18.4 Å². The standard InChI is InChI=1S/C19H17F2N3O2S/c1-11(25)13-7-3-4-8-14(13)22-17(26)12(2)27-19-23-15-9-5-6-10-16(15)24(19)18(20)21/h3-10,12,18H,1-2H3,(H,22,26). The Kier molecular flexibility index (Phi) is 5.55. The first-order valence-electron chi connectivity index (χ1n) is 8.21. The molecule has 1 aromatic heterocycles. The van der Waals surface area contributed by atoms with Gasteiger partial charge in [0.25, 0.3) is 0 Å². The van der Waals surface area contributed by atoms with Crippen molar-refractivity contribution in [1.29, 1.82) is 0 Å². The van der Waals surface area contributed by atoms with Crippen molar-refractivity contribution in [2.75, 3.05) is 5.32 Å². The quantitative estimate of drug-likeness (QED) is 0.488. The molecule has 0 aliphatic rings. The van der Waals surface area contributed by atoms with Crippen LogP contribution in [0.25, 0.3) is 11.0 Å². The number of thioether (sulfide) groups is 1. The number of ketones is 1. The van der Waals surface area contributed by atoms with Gasteiger partial charge in [0.05, 0.1) is 22.0 Å². The Morgan fingerprint density at radius 1 is 1.11 bits per heavy atom. The van der Waals surface area contributed by atoms with Gasteiger partial charge in [0, 0.05) is 5.56 Å². The molecule has 2 aromatic carbocycles. The molecule has 0 saturated heterocycles. The number of hydrogen-bond acceptors (Lipinski definition) is 4. The molecule has 3 rings (SSSR count). The Balaban J connectivity index is 1.83. The minimum absolute atomic E-state index is 0.0636. The van der Waals surface area contributed by atoms with E-state index in [4.69, 9.17) is 0 Å². The van der Waals surface area contributed by atoms with E-state index in [1.165, 1.54) is 6.92 Å². The number of carbonyl (C=O) groups excluding carboxylic acids is 2. The van der Waals surface area contributed by atoms with Crippen LogP contribution in [-0.4, -0.2) is 26.5 Å². The van der Waals surface area contributed by atoms with Gasteiger partial charge >= 0.3 is 6.55 Å². The van der Waals surface area contributed by atoms with Gasteiger partial charge in [-0.2, -0.15) is 8.78 Å². The third kappa shape index (κ3) is 4.00. The van der Waals surface area contributed by atoms with Crippen LogP contribution in [0.3, 0.4) is 0 Å². The SMILES string of the molecule is CC(=O)c1ccccc1NC(=O)C(C)Sc1nc2ccccc2n1C(F)F. The Hall–Kier alpha value is -2.74. The maximum Gasteiger partial charge on any atom is 0.321 e. The molecule has 0 aliphatic carbocycles. The number of nitrogens with one attached hydrogen (secondary N) is 1. The second-order valence-corrected chi connectivity index (χ2v) is 7.19. The molecule has 27 heavy (non-hydrogen) atoms. The predicted octanol–water partition coefficient (Wildman–Crippen LogP) is 4.75. The summed E-state index contributed by atoms with van der Waals surface area (Å²) in [6, 6.07) is 13.2. The molecule has 1 amide bonds. The lowest BCUT2D eigenvalue weighted by atomic mass is 10.1. The van der Waals surface area contributed by atoms with E-state index in [-0.39, 0.29) is 10.9 Å². The number of aromatic nitrogens is 2. The summed E-state index contributed by atoms with van der Waals surface area (Å²) in [7, 11) is 0. The monoisotopic (exact) mass is 389 g/mol. The van der Waals surface area contributed by atoms with Gasteiger partial charge in [-0.3, -0.25) is 14.2 Å². The molecule has 140 valence electrons. The van der Waals surface area contributed by atoms with Crippen molar-refractivity contribution < 1.29 is 18.4 Å². The van der Waals surface area contributed by atoms with Crippen molar-refractivity contribution in [3.05, 3.63) is 54.1 Å². The maximum absolute atomic E-state index is 13.5. The molecule has 1 heterocycles. The van der Waals surface area contributed by atoms with E-state index in [2.05, 4.69) is 10.3 Å². The molecule has 0 aliphatic heterocycles. The predicted molar refractivity (Wildman–Crippen MR) is 101 cm³/mol. The van der Waals surface area contributed by atoms with E-state index >= 15 is 0 Å². The summed E-state index contributed by atoms with van der Waals surface area (Å²) in [5.41, 5.74) is 1.53. The average Bonchev–Trinajstić information content (AvgIpc) is 2.99. The number of amides is 1. The molecular weight excluding hydrogens is 372 g/mol. The molecule has 1 N–H and O–H groups in total. The zero-order valence-corrected chi connectivity index (χ0v) is 15.5. The first-order valence-corrected chi connectivity index (χ1v) is 9.09. The van der Waals surface area contributed by atoms with Gasteiger partial charge in [-0.1, -0.05) is 36.0 Å². The molecule has 1 atom stereocenters. The number of nitrogens with zero attached hydrogens (tertiary/aromatic N) is 2. The van der Waals surface area contributed by atoms with Crippen LogP contribution in [0.4, 0.5) is 14.5 Å². The van der Waals surface area contributed by atoms with Gasteiger partial charge in [0.15, 0.2) is 10.9 Å². The van der Waals surface area contributed by atoms with E-state index in [1.54, 1.807) is 55.5 Å². The number of benzene rings is 2. The van der Waals surface area contributed by atoms with Gasteiger partial charge in [-0.05, 0) is 38.1 Å². The highest BCUT2D eigenvalue weighted by Gasteiger charge is 2.23. The number of fused-ring (bicyclic) bond motifs is 1. The number of rotatable bonds is 6. The number of hydrogen-bond donors (Lipinski definition) is 1. The normalized spacial score (nSPS) is 12.3. The molecule has 1 unspecified atom stereocenters. The Morgan fingerprint density at radius 3 is 2.48 bits per heavy atom. The topological polar surface area (TPSA) is 64.0 Å². The lowest BCUT2D eigenvalue weighted by Crippen LogP contribution is -2.24. The summed E-state index contributed by atoms with van der Waals surface area (Å²) in [5.74, 6) is -0.577. The summed E-state index contributed by atoms with van der Waals surface area (Å²) in [5, 5.41) is 2.06. The van der Waals surface area contributed by atoms with E-state index in [0.29, 0.717) is 22.3 Å². The maximum atomic E-state index is 13.5. The minimum atomic E-state index is -2.77. The summed E-state index contributed by atoms with van der Waals surface area (Å²) in [6.45, 7) is 0.244. The molecule has 5 nitrogen and oxygen atoms in total. The second-order valence-electron chi connectivity index (χ2n) is 5.88. The third-order valence-electron chi connectivity index (χ3n) is 3.97. The van der Waals surface area contributed by atoms with Crippen molar-refractivity contribution in [2.45, 2.75) is 30.8 Å².